The first-order valence-electron chi connectivity index (χ1n) is 7.06. The lowest BCUT2D eigenvalue weighted by Gasteiger charge is -2.14. The number of fused-ring (bicyclic) bond motifs is 1. The highest BCUT2D eigenvalue weighted by molar-refractivity contribution is 5.27. The van der Waals surface area contributed by atoms with Crippen LogP contribution in [0.25, 0.3) is 0 Å². The second-order valence-electron chi connectivity index (χ2n) is 5.17. The quantitative estimate of drug-likeness (QED) is 0.411. The molecule has 0 radical (unpaired) electrons. The van der Waals surface area contributed by atoms with Crippen LogP contribution in [0.3, 0.4) is 0 Å². The normalized spacial score (nSPS) is 30.4. The number of hydrogen-bond donors (Lipinski definition) is 0. The highest BCUT2D eigenvalue weighted by Gasteiger charge is 2.53. The number of nitrogens with zero attached hydrogens (tertiary/aromatic N) is 1. The van der Waals surface area contributed by atoms with Gasteiger partial charge < -0.3 is 14.2 Å². The summed E-state index contributed by atoms with van der Waals surface area (Å²) in [4.78, 5) is 2.31. The topological polar surface area (TPSA) is 30.7 Å². The van der Waals surface area contributed by atoms with E-state index in [4.69, 9.17) is 14.2 Å². The first kappa shape index (κ1) is 13.8. The molecule has 108 valence electrons. The first-order chi connectivity index (χ1) is 9.90. The lowest BCUT2D eigenvalue weighted by atomic mass is 10.2. The minimum Gasteiger partial charge on any atom is -0.382 e. The minimum atomic E-state index is 0.186. The standard InChI is InChI=1S/C16H21NO3/c1-18-9-10-19-12-17-14-7-8-15(16(14)17)20-11-13-5-3-2-4-6-13/h2-8,14-16H,9-12H2,1H3/t14-,15-,16-,17?/m1/s1. The lowest BCUT2D eigenvalue weighted by molar-refractivity contribution is 0.0169. The summed E-state index contributed by atoms with van der Waals surface area (Å²) in [6.07, 6.45) is 4.58. The van der Waals surface area contributed by atoms with E-state index in [1.807, 2.05) is 18.2 Å². The maximum absolute atomic E-state index is 5.99. The van der Waals surface area contributed by atoms with Crippen molar-refractivity contribution in [3.8, 4) is 0 Å². The van der Waals surface area contributed by atoms with Crippen LogP contribution in [0.5, 0.6) is 0 Å². The molecule has 0 spiro atoms. The summed E-state index contributed by atoms with van der Waals surface area (Å²) in [5.74, 6) is 0. The minimum absolute atomic E-state index is 0.186. The number of ether oxygens (including phenoxy) is 3. The van der Waals surface area contributed by atoms with E-state index in [1.54, 1.807) is 7.11 Å². The van der Waals surface area contributed by atoms with E-state index >= 15 is 0 Å². The molecule has 1 aromatic rings. The second-order valence-corrected chi connectivity index (χ2v) is 5.17. The van der Waals surface area contributed by atoms with E-state index in [-0.39, 0.29) is 6.10 Å². The van der Waals surface area contributed by atoms with Crippen LogP contribution in [0.1, 0.15) is 5.56 Å². The lowest BCUT2D eigenvalue weighted by Crippen LogP contribution is -2.22. The van der Waals surface area contributed by atoms with Crippen LogP contribution in [-0.4, -0.2) is 50.1 Å². The van der Waals surface area contributed by atoms with Gasteiger partial charge in [-0.15, -0.1) is 0 Å². The van der Waals surface area contributed by atoms with E-state index in [9.17, 15) is 0 Å². The van der Waals surface area contributed by atoms with E-state index in [0.717, 1.165) is 0 Å². The Morgan fingerprint density at radius 3 is 2.75 bits per heavy atom. The average Bonchev–Trinajstić information content (AvgIpc) is 3.01. The predicted octanol–water partition coefficient (Wildman–Crippen LogP) is 1.81. The Balaban J connectivity index is 1.41. The van der Waals surface area contributed by atoms with Gasteiger partial charge >= 0.3 is 0 Å². The maximum atomic E-state index is 5.99. The van der Waals surface area contributed by atoms with Crippen molar-refractivity contribution in [2.45, 2.75) is 24.8 Å². The maximum Gasteiger partial charge on any atom is 0.100 e. The van der Waals surface area contributed by atoms with E-state index in [1.165, 1.54) is 5.56 Å². The Morgan fingerprint density at radius 2 is 1.95 bits per heavy atom. The third kappa shape index (κ3) is 3.10. The van der Waals surface area contributed by atoms with Crippen molar-refractivity contribution in [3.05, 3.63) is 48.0 Å². The Morgan fingerprint density at radius 1 is 1.10 bits per heavy atom. The molecule has 1 aliphatic carbocycles. The average molecular weight is 275 g/mol. The van der Waals surface area contributed by atoms with Gasteiger partial charge in [0.1, 0.15) is 6.73 Å². The van der Waals surface area contributed by atoms with Crippen LogP contribution in [0.15, 0.2) is 42.5 Å². The van der Waals surface area contributed by atoms with Gasteiger partial charge in [0.05, 0.1) is 32.0 Å². The number of hydrogen-bond acceptors (Lipinski definition) is 4. The molecule has 20 heavy (non-hydrogen) atoms. The van der Waals surface area contributed by atoms with Crippen LogP contribution in [0, 0.1) is 0 Å². The zero-order valence-electron chi connectivity index (χ0n) is 11.8. The van der Waals surface area contributed by atoms with Crippen molar-refractivity contribution in [2.75, 3.05) is 27.1 Å². The summed E-state index contributed by atoms with van der Waals surface area (Å²) in [6, 6.07) is 11.2. The van der Waals surface area contributed by atoms with Gasteiger partial charge in [-0.25, -0.2) is 0 Å². The molecule has 1 aromatic carbocycles. The molecule has 0 saturated carbocycles. The molecule has 1 aliphatic heterocycles. The molecule has 1 unspecified atom stereocenters. The smallest absolute Gasteiger partial charge is 0.100 e. The molecule has 0 N–H and O–H groups in total. The Labute approximate surface area is 119 Å². The fraction of sp³-hybridized carbons (Fsp3) is 0.500. The molecule has 0 amide bonds. The molecule has 3 rings (SSSR count). The van der Waals surface area contributed by atoms with Crippen LogP contribution in [-0.2, 0) is 20.8 Å². The molecule has 4 heteroatoms. The molecule has 1 heterocycles. The summed E-state index contributed by atoms with van der Waals surface area (Å²) >= 11 is 0. The Bertz CT molecular complexity index is 448. The number of rotatable bonds is 8. The van der Waals surface area contributed by atoms with Crippen LogP contribution < -0.4 is 0 Å². The van der Waals surface area contributed by atoms with Crippen molar-refractivity contribution in [2.24, 2.45) is 0 Å². The summed E-state index contributed by atoms with van der Waals surface area (Å²) in [5.41, 5.74) is 1.22. The van der Waals surface area contributed by atoms with Crippen LogP contribution >= 0.6 is 0 Å². The second kappa shape index (κ2) is 6.50. The van der Waals surface area contributed by atoms with Crippen LogP contribution in [0.4, 0.5) is 0 Å². The summed E-state index contributed by atoms with van der Waals surface area (Å²) in [5, 5.41) is 0. The van der Waals surface area contributed by atoms with Crippen molar-refractivity contribution in [1.29, 1.82) is 0 Å². The summed E-state index contributed by atoms with van der Waals surface area (Å²) in [6.45, 7) is 2.62. The third-order valence-electron chi connectivity index (χ3n) is 3.82. The fourth-order valence-electron chi connectivity index (χ4n) is 2.67. The van der Waals surface area contributed by atoms with E-state index in [0.29, 0.717) is 38.6 Å². The predicted molar refractivity (Wildman–Crippen MR) is 76.3 cm³/mol. The van der Waals surface area contributed by atoms with Crippen molar-refractivity contribution >= 4 is 0 Å². The fourth-order valence-corrected chi connectivity index (χ4v) is 2.67. The Hall–Kier alpha value is -1.20. The van der Waals surface area contributed by atoms with Crippen LogP contribution in [0.2, 0.25) is 0 Å². The van der Waals surface area contributed by atoms with Gasteiger partial charge in [-0.2, -0.15) is 0 Å². The third-order valence-corrected chi connectivity index (χ3v) is 3.82. The van der Waals surface area contributed by atoms with Gasteiger partial charge in [0.15, 0.2) is 0 Å². The first-order valence-corrected chi connectivity index (χ1v) is 7.06. The zero-order chi connectivity index (χ0) is 13.8. The van der Waals surface area contributed by atoms with Gasteiger partial charge in [0.25, 0.3) is 0 Å². The van der Waals surface area contributed by atoms with Crippen molar-refractivity contribution < 1.29 is 14.2 Å². The molecule has 0 bridgehead atoms. The van der Waals surface area contributed by atoms with Crippen molar-refractivity contribution in [1.82, 2.24) is 4.90 Å². The Kier molecular flexibility index (Phi) is 4.47. The molecule has 4 nitrogen and oxygen atoms in total. The zero-order valence-corrected chi connectivity index (χ0v) is 11.8. The summed E-state index contributed by atoms with van der Waals surface area (Å²) in [7, 11) is 1.69. The number of methoxy groups -OCH3 is 1. The SMILES string of the molecule is COCCOCN1[C@@H]2[C@H]1C=C[C@H]2OCc1ccccc1. The number of benzene rings is 1. The molecular weight excluding hydrogens is 254 g/mol. The summed E-state index contributed by atoms with van der Waals surface area (Å²) < 4.78 is 16.5. The molecule has 1 fully saturated rings. The molecule has 2 aliphatic rings. The molecular formula is C16H21NO3. The monoisotopic (exact) mass is 275 g/mol. The molecule has 4 atom stereocenters. The molecule has 1 saturated heterocycles. The van der Waals surface area contributed by atoms with Crippen molar-refractivity contribution in [3.63, 3.8) is 0 Å². The van der Waals surface area contributed by atoms with Gasteiger partial charge in [0, 0.05) is 13.2 Å². The van der Waals surface area contributed by atoms with E-state index < -0.39 is 0 Å². The highest BCUT2D eigenvalue weighted by atomic mass is 16.5. The van der Waals surface area contributed by atoms with Gasteiger partial charge in [-0.1, -0.05) is 42.5 Å². The van der Waals surface area contributed by atoms with Gasteiger partial charge in [-0.3, -0.25) is 4.90 Å². The van der Waals surface area contributed by atoms with Gasteiger partial charge in [0.2, 0.25) is 0 Å². The van der Waals surface area contributed by atoms with E-state index in [2.05, 4.69) is 29.2 Å². The molecule has 0 aromatic heterocycles. The van der Waals surface area contributed by atoms with Gasteiger partial charge in [-0.05, 0) is 5.56 Å². The highest BCUT2D eigenvalue weighted by Crippen LogP contribution is 2.39. The largest absolute Gasteiger partial charge is 0.382 e.